The van der Waals surface area contributed by atoms with Crippen molar-refractivity contribution in [3.05, 3.63) is 95.3 Å². The van der Waals surface area contributed by atoms with Gasteiger partial charge in [-0.05, 0) is 55.8 Å². The maximum Gasteiger partial charge on any atom is 0.261 e. The van der Waals surface area contributed by atoms with Gasteiger partial charge in [-0.3, -0.25) is 9.52 Å². The van der Waals surface area contributed by atoms with E-state index in [0.717, 1.165) is 11.1 Å². The average molecular weight is 412 g/mol. The van der Waals surface area contributed by atoms with Crippen molar-refractivity contribution in [2.75, 3.05) is 4.72 Å². The summed E-state index contributed by atoms with van der Waals surface area (Å²) < 4.78 is 41.0. The number of rotatable bonds is 6. The highest BCUT2D eigenvalue weighted by Gasteiger charge is 2.19. The number of halogens is 1. The molecule has 0 heterocycles. The highest BCUT2D eigenvalue weighted by molar-refractivity contribution is 7.92. The molecule has 0 radical (unpaired) electrons. The molecule has 0 bridgehead atoms. The first-order valence-electron chi connectivity index (χ1n) is 9.01. The van der Waals surface area contributed by atoms with E-state index in [1.54, 1.807) is 49.4 Å². The second kappa shape index (κ2) is 8.45. The Kier molecular flexibility index (Phi) is 5.98. The summed E-state index contributed by atoms with van der Waals surface area (Å²) in [6, 6.07) is 18.2. The Balaban J connectivity index is 1.81. The lowest BCUT2D eigenvalue weighted by Gasteiger charge is -2.17. The van der Waals surface area contributed by atoms with E-state index >= 15 is 0 Å². The molecule has 0 fully saturated rings. The number of aryl methyl sites for hydroxylation is 1. The summed E-state index contributed by atoms with van der Waals surface area (Å²) in [5.41, 5.74) is 2.05. The van der Waals surface area contributed by atoms with Crippen LogP contribution in [0.2, 0.25) is 0 Å². The molecule has 0 aliphatic rings. The minimum absolute atomic E-state index is 0.109. The van der Waals surface area contributed by atoms with Crippen LogP contribution in [0.3, 0.4) is 0 Å². The molecule has 1 amide bonds. The van der Waals surface area contributed by atoms with Gasteiger partial charge in [0.25, 0.3) is 15.9 Å². The van der Waals surface area contributed by atoms with E-state index in [4.69, 9.17) is 0 Å². The molecule has 0 saturated carbocycles. The minimum atomic E-state index is -3.84. The summed E-state index contributed by atoms with van der Waals surface area (Å²) >= 11 is 0. The third-order valence-electron chi connectivity index (χ3n) is 4.46. The first kappa shape index (κ1) is 20.5. The average Bonchev–Trinajstić information content (AvgIpc) is 2.69. The Hall–Kier alpha value is -3.19. The quantitative estimate of drug-likeness (QED) is 0.629. The number of carbonyl (C=O) groups is 1. The monoisotopic (exact) mass is 412 g/mol. The lowest BCUT2D eigenvalue weighted by molar-refractivity contribution is 0.0941. The van der Waals surface area contributed by atoms with Gasteiger partial charge in [-0.1, -0.05) is 42.0 Å². The molecule has 0 aliphatic carbocycles. The summed E-state index contributed by atoms with van der Waals surface area (Å²) in [5, 5.41) is 2.81. The standard InChI is InChI=1S/C22H21FN2O3S/c1-15-7-13-19(14-8-15)29(27,28)25-21-6-4-3-5-20(21)22(26)24-16(2)17-9-11-18(23)12-10-17/h3-14,16,25H,1-2H3,(H,24,26)/t16-/m0/s1. The van der Waals surface area contributed by atoms with Crippen LogP contribution >= 0.6 is 0 Å². The Morgan fingerprint density at radius 2 is 1.55 bits per heavy atom. The zero-order chi connectivity index (χ0) is 21.0. The van der Waals surface area contributed by atoms with E-state index in [1.165, 1.54) is 30.3 Å². The molecule has 0 spiro atoms. The summed E-state index contributed by atoms with van der Waals surface area (Å²) in [5.74, 6) is -0.799. The van der Waals surface area contributed by atoms with Gasteiger partial charge >= 0.3 is 0 Å². The van der Waals surface area contributed by atoms with Gasteiger partial charge in [0.1, 0.15) is 5.82 Å². The van der Waals surface area contributed by atoms with Crippen molar-refractivity contribution < 1.29 is 17.6 Å². The molecule has 29 heavy (non-hydrogen) atoms. The van der Waals surface area contributed by atoms with E-state index in [0.29, 0.717) is 0 Å². The van der Waals surface area contributed by atoms with Crippen molar-refractivity contribution in [2.45, 2.75) is 24.8 Å². The van der Waals surface area contributed by atoms with Crippen LogP contribution in [-0.2, 0) is 10.0 Å². The molecule has 1 atom stereocenters. The largest absolute Gasteiger partial charge is 0.345 e. The Morgan fingerprint density at radius 1 is 0.931 bits per heavy atom. The number of benzene rings is 3. The molecule has 7 heteroatoms. The minimum Gasteiger partial charge on any atom is -0.345 e. The van der Waals surface area contributed by atoms with Gasteiger partial charge in [-0.15, -0.1) is 0 Å². The third kappa shape index (κ3) is 5.00. The van der Waals surface area contributed by atoms with Crippen molar-refractivity contribution in [1.29, 1.82) is 0 Å². The molecule has 3 aromatic carbocycles. The number of anilines is 1. The van der Waals surface area contributed by atoms with E-state index in [-0.39, 0.29) is 28.0 Å². The van der Waals surface area contributed by atoms with Crippen LogP contribution in [0.5, 0.6) is 0 Å². The van der Waals surface area contributed by atoms with Crippen molar-refractivity contribution >= 4 is 21.6 Å². The number of sulfonamides is 1. The van der Waals surface area contributed by atoms with Crippen molar-refractivity contribution in [3.8, 4) is 0 Å². The molecule has 3 rings (SSSR count). The molecule has 0 unspecified atom stereocenters. The number of amides is 1. The number of para-hydroxylation sites is 1. The molecule has 2 N–H and O–H groups in total. The third-order valence-corrected chi connectivity index (χ3v) is 5.85. The van der Waals surface area contributed by atoms with Crippen LogP contribution in [0.4, 0.5) is 10.1 Å². The number of hydrogen-bond acceptors (Lipinski definition) is 3. The van der Waals surface area contributed by atoms with Gasteiger partial charge in [0.05, 0.1) is 22.2 Å². The van der Waals surface area contributed by atoms with Gasteiger partial charge in [0, 0.05) is 0 Å². The predicted molar refractivity (Wildman–Crippen MR) is 111 cm³/mol. The summed E-state index contributed by atoms with van der Waals surface area (Å²) in [4.78, 5) is 12.9. The van der Waals surface area contributed by atoms with E-state index in [1.807, 2.05) is 6.92 Å². The fourth-order valence-corrected chi connectivity index (χ4v) is 3.88. The number of hydrogen-bond donors (Lipinski definition) is 2. The van der Waals surface area contributed by atoms with Crippen LogP contribution in [0, 0.1) is 12.7 Å². The maximum absolute atomic E-state index is 13.1. The van der Waals surface area contributed by atoms with Crippen LogP contribution < -0.4 is 10.0 Å². The van der Waals surface area contributed by atoms with Gasteiger partial charge in [-0.2, -0.15) is 0 Å². The molecular weight excluding hydrogens is 391 g/mol. The molecule has 3 aromatic rings. The Labute approximate surface area is 169 Å². The first-order valence-corrected chi connectivity index (χ1v) is 10.5. The summed E-state index contributed by atoms with van der Waals surface area (Å²) in [6.45, 7) is 3.63. The van der Waals surface area contributed by atoms with Gasteiger partial charge in [-0.25, -0.2) is 12.8 Å². The molecule has 0 aromatic heterocycles. The van der Waals surface area contributed by atoms with Crippen LogP contribution in [0.25, 0.3) is 0 Å². The van der Waals surface area contributed by atoms with Gasteiger partial charge in [0.2, 0.25) is 0 Å². The van der Waals surface area contributed by atoms with Crippen molar-refractivity contribution in [2.24, 2.45) is 0 Å². The number of nitrogens with one attached hydrogen (secondary N) is 2. The molecule has 0 aliphatic heterocycles. The summed E-state index contributed by atoms with van der Waals surface area (Å²) in [6.07, 6.45) is 0. The molecule has 0 saturated heterocycles. The van der Waals surface area contributed by atoms with E-state index in [2.05, 4.69) is 10.0 Å². The van der Waals surface area contributed by atoms with Crippen molar-refractivity contribution in [3.63, 3.8) is 0 Å². The molecule has 5 nitrogen and oxygen atoms in total. The van der Waals surface area contributed by atoms with Gasteiger partial charge in [0.15, 0.2) is 0 Å². The van der Waals surface area contributed by atoms with Crippen molar-refractivity contribution in [1.82, 2.24) is 5.32 Å². The van der Waals surface area contributed by atoms with E-state index < -0.39 is 15.9 Å². The van der Waals surface area contributed by atoms with Gasteiger partial charge < -0.3 is 5.32 Å². The molecule has 150 valence electrons. The smallest absolute Gasteiger partial charge is 0.261 e. The molecular formula is C22H21FN2O3S. The van der Waals surface area contributed by atoms with Crippen LogP contribution in [0.15, 0.2) is 77.7 Å². The highest BCUT2D eigenvalue weighted by atomic mass is 32.2. The fraction of sp³-hybridized carbons (Fsp3) is 0.136. The fourth-order valence-electron chi connectivity index (χ4n) is 2.80. The first-order chi connectivity index (χ1) is 13.8. The normalized spacial score (nSPS) is 12.2. The maximum atomic E-state index is 13.1. The second-order valence-electron chi connectivity index (χ2n) is 6.71. The van der Waals surface area contributed by atoms with E-state index in [9.17, 15) is 17.6 Å². The second-order valence-corrected chi connectivity index (χ2v) is 8.39. The predicted octanol–water partition coefficient (Wildman–Crippen LogP) is 4.43. The number of carbonyl (C=O) groups excluding carboxylic acids is 1. The Morgan fingerprint density at radius 3 is 2.21 bits per heavy atom. The van der Waals surface area contributed by atoms with Crippen LogP contribution in [-0.4, -0.2) is 14.3 Å². The SMILES string of the molecule is Cc1ccc(S(=O)(=O)Nc2ccccc2C(=O)N[C@@H](C)c2ccc(F)cc2)cc1. The zero-order valence-corrected chi connectivity index (χ0v) is 16.8. The highest BCUT2D eigenvalue weighted by Crippen LogP contribution is 2.22. The lowest BCUT2D eigenvalue weighted by atomic mass is 10.1. The Bertz CT molecular complexity index is 1110. The van der Waals surface area contributed by atoms with Crippen LogP contribution in [0.1, 0.15) is 34.5 Å². The lowest BCUT2D eigenvalue weighted by Crippen LogP contribution is -2.28. The topological polar surface area (TPSA) is 75.3 Å². The summed E-state index contributed by atoms with van der Waals surface area (Å²) in [7, 11) is -3.84. The zero-order valence-electron chi connectivity index (χ0n) is 16.0.